The second-order valence-electron chi connectivity index (χ2n) is 6.15. The molecule has 0 radical (unpaired) electrons. The van der Waals surface area contributed by atoms with Gasteiger partial charge in [-0.05, 0) is 37.5 Å². The molecule has 1 N–H and O–H groups in total. The van der Waals surface area contributed by atoms with Gasteiger partial charge in [-0.2, -0.15) is 0 Å². The van der Waals surface area contributed by atoms with Gasteiger partial charge in [0.25, 0.3) is 0 Å². The van der Waals surface area contributed by atoms with Crippen LogP contribution in [0.1, 0.15) is 50.1 Å². The van der Waals surface area contributed by atoms with Crippen molar-refractivity contribution in [3.63, 3.8) is 0 Å². The molecule has 0 bridgehead atoms. The third kappa shape index (κ3) is 3.77. The van der Waals surface area contributed by atoms with E-state index in [-0.39, 0.29) is 23.2 Å². The maximum atomic E-state index is 13.7. The number of halogens is 2. The standard InChI is InChI=1S/C17H22ClFN4O/c1-3-7-23-10-16(21-22-23)11(2)20-15-6-8-24-17(15)12-4-5-13(18)14(19)9-12/h4-5,9-11,15,17,20H,3,6-8H2,1-2H3/t11?,15-,17+/m1/s1. The van der Waals surface area contributed by atoms with Crippen LogP contribution in [0.3, 0.4) is 0 Å². The van der Waals surface area contributed by atoms with Gasteiger partial charge in [0.2, 0.25) is 0 Å². The predicted molar refractivity (Wildman–Crippen MR) is 90.4 cm³/mol. The van der Waals surface area contributed by atoms with Gasteiger partial charge in [-0.15, -0.1) is 5.10 Å². The van der Waals surface area contributed by atoms with Gasteiger partial charge in [0.05, 0.1) is 29.1 Å². The van der Waals surface area contributed by atoms with E-state index < -0.39 is 5.82 Å². The van der Waals surface area contributed by atoms with Gasteiger partial charge in [0, 0.05) is 19.2 Å². The van der Waals surface area contributed by atoms with E-state index >= 15 is 0 Å². The van der Waals surface area contributed by atoms with Crippen molar-refractivity contribution >= 4 is 11.6 Å². The Balaban J connectivity index is 1.69. The van der Waals surface area contributed by atoms with Gasteiger partial charge in [0.1, 0.15) is 5.82 Å². The molecule has 1 aromatic carbocycles. The van der Waals surface area contributed by atoms with Crippen LogP contribution in [-0.2, 0) is 11.3 Å². The Bertz CT molecular complexity index is 693. The van der Waals surface area contributed by atoms with Crippen molar-refractivity contribution in [2.24, 2.45) is 0 Å². The summed E-state index contributed by atoms with van der Waals surface area (Å²) in [5.41, 5.74) is 1.70. The summed E-state index contributed by atoms with van der Waals surface area (Å²) in [4.78, 5) is 0. The molecule has 130 valence electrons. The molecule has 1 aromatic heterocycles. The van der Waals surface area contributed by atoms with Gasteiger partial charge < -0.3 is 10.1 Å². The molecule has 1 unspecified atom stereocenters. The molecular weight excluding hydrogens is 331 g/mol. The highest BCUT2D eigenvalue weighted by Crippen LogP contribution is 2.32. The largest absolute Gasteiger partial charge is 0.372 e. The van der Waals surface area contributed by atoms with Crippen LogP contribution < -0.4 is 5.32 Å². The molecule has 2 heterocycles. The molecule has 1 fully saturated rings. The highest BCUT2D eigenvalue weighted by Gasteiger charge is 2.31. The monoisotopic (exact) mass is 352 g/mol. The maximum absolute atomic E-state index is 13.7. The molecule has 0 aliphatic carbocycles. The maximum Gasteiger partial charge on any atom is 0.142 e. The van der Waals surface area contributed by atoms with Crippen molar-refractivity contribution < 1.29 is 9.13 Å². The Morgan fingerprint density at radius 2 is 2.33 bits per heavy atom. The van der Waals surface area contributed by atoms with Crippen LogP contribution in [0.25, 0.3) is 0 Å². The van der Waals surface area contributed by atoms with Gasteiger partial charge in [-0.25, -0.2) is 4.39 Å². The zero-order valence-electron chi connectivity index (χ0n) is 13.9. The van der Waals surface area contributed by atoms with Crippen molar-refractivity contribution in [1.82, 2.24) is 20.3 Å². The van der Waals surface area contributed by atoms with E-state index in [4.69, 9.17) is 16.3 Å². The van der Waals surface area contributed by atoms with E-state index in [9.17, 15) is 4.39 Å². The molecule has 1 aliphatic heterocycles. The van der Waals surface area contributed by atoms with Gasteiger partial charge in [0.15, 0.2) is 0 Å². The molecule has 3 atom stereocenters. The number of benzene rings is 1. The van der Waals surface area contributed by atoms with E-state index in [0.717, 1.165) is 30.6 Å². The first-order valence-electron chi connectivity index (χ1n) is 8.31. The first kappa shape index (κ1) is 17.3. The van der Waals surface area contributed by atoms with Crippen molar-refractivity contribution in [2.45, 2.75) is 51.4 Å². The topological polar surface area (TPSA) is 52.0 Å². The first-order valence-corrected chi connectivity index (χ1v) is 8.69. The quantitative estimate of drug-likeness (QED) is 0.862. The fourth-order valence-corrected chi connectivity index (χ4v) is 3.15. The Hall–Kier alpha value is -1.50. The molecule has 7 heteroatoms. The molecule has 0 spiro atoms. The molecule has 1 aliphatic rings. The van der Waals surface area contributed by atoms with E-state index in [2.05, 4.69) is 29.5 Å². The highest BCUT2D eigenvalue weighted by atomic mass is 35.5. The number of aryl methyl sites for hydroxylation is 1. The fourth-order valence-electron chi connectivity index (χ4n) is 3.03. The number of nitrogens with zero attached hydrogens (tertiary/aromatic N) is 3. The van der Waals surface area contributed by atoms with Gasteiger partial charge >= 0.3 is 0 Å². The molecule has 24 heavy (non-hydrogen) atoms. The zero-order chi connectivity index (χ0) is 17.1. The van der Waals surface area contributed by atoms with Crippen LogP contribution in [0.4, 0.5) is 4.39 Å². The van der Waals surface area contributed by atoms with Gasteiger partial charge in [-0.3, -0.25) is 4.68 Å². The minimum absolute atomic E-state index is 0.0435. The smallest absolute Gasteiger partial charge is 0.142 e. The van der Waals surface area contributed by atoms with E-state index in [1.165, 1.54) is 6.07 Å². The summed E-state index contributed by atoms with van der Waals surface area (Å²) in [7, 11) is 0. The molecule has 5 nitrogen and oxygen atoms in total. The lowest BCUT2D eigenvalue weighted by Crippen LogP contribution is -2.34. The third-order valence-corrected chi connectivity index (χ3v) is 4.59. The van der Waals surface area contributed by atoms with Crippen LogP contribution in [0.5, 0.6) is 0 Å². The van der Waals surface area contributed by atoms with Crippen molar-refractivity contribution in [3.8, 4) is 0 Å². The average molecular weight is 353 g/mol. The van der Waals surface area contributed by atoms with E-state index in [1.54, 1.807) is 6.07 Å². The lowest BCUT2D eigenvalue weighted by atomic mass is 10.0. The Morgan fingerprint density at radius 3 is 3.08 bits per heavy atom. The second-order valence-corrected chi connectivity index (χ2v) is 6.56. The summed E-state index contributed by atoms with van der Waals surface area (Å²) in [5, 5.41) is 12.0. The van der Waals surface area contributed by atoms with Crippen LogP contribution in [-0.4, -0.2) is 27.6 Å². The number of hydrogen-bond donors (Lipinski definition) is 1. The van der Waals surface area contributed by atoms with E-state index in [0.29, 0.717) is 6.61 Å². The van der Waals surface area contributed by atoms with Crippen LogP contribution in [0.2, 0.25) is 5.02 Å². The number of nitrogens with one attached hydrogen (secondary N) is 1. The molecule has 3 rings (SSSR count). The van der Waals surface area contributed by atoms with Gasteiger partial charge in [-0.1, -0.05) is 29.8 Å². The fraction of sp³-hybridized carbons (Fsp3) is 0.529. The highest BCUT2D eigenvalue weighted by molar-refractivity contribution is 6.30. The predicted octanol–water partition coefficient (Wildman–Crippen LogP) is 3.66. The van der Waals surface area contributed by atoms with Crippen molar-refractivity contribution in [1.29, 1.82) is 0 Å². The first-order chi connectivity index (χ1) is 11.6. The summed E-state index contributed by atoms with van der Waals surface area (Å²) in [6.07, 6.45) is 3.66. The zero-order valence-corrected chi connectivity index (χ0v) is 14.6. The SMILES string of the molecule is CCCn1cc(C(C)N[C@@H]2CCO[C@H]2c2ccc(Cl)c(F)c2)nn1. The molecule has 2 aromatic rings. The number of hydrogen-bond acceptors (Lipinski definition) is 4. The van der Waals surface area contributed by atoms with E-state index in [1.807, 2.05) is 16.9 Å². The minimum atomic E-state index is -0.418. The summed E-state index contributed by atoms with van der Waals surface area (Å²) in [6.45, 7) is 5.66. The molecule has 0 amide bonds. The number of rotatable bonds is 6. The normalized spacial score (nSPS) is 22.0. The van der Waals surface area contributed by atoms with Crippen LogP contribution >= 0.6 is 11.6 Å². The van der Waals surface area contributed by atoms with Crippen LogP contribution in [0, 0.1) is 5.82 Å². The summed E-state index contributed by atoms with van der Waals surface area (Å²) in [6, 6.07) is 4.98. The van der Waals surface area contributed by atoms with Crippen molar-refractivity contribution in [3.05, 3.63) is 46.5 Å². The Labute approximate surface area is 146 Å². The van der Waals surface area contributed by atoms with Crippen LogP contribution in [0.15, 0.2) is 24.4 Å². The summed E-state index contributed by atoms with van der Waals surface area (Å²) < 4.78 is 21.4. The lowest BCUT2D eigenvalue weighted by molar-refractivity contribution is 0.0964. The summed E-state index contributed by atoms with van der Waals surface area (Å²) >= 11 is 5.77. The molecule has 1 saturated heterocycles. The summed E-state index contributed by atoms with van der Waals surface area (Å²) in [5.74, 6) is -0.418. The number of ether oxygens (including phenoxy) is 1. The molecular formula is C17H22ClFN4O. The molecule has 0 saturated carbocycles. The number of aromatic nitrogens is 3. The Morgan fingerprint density at radius 1 is 1.50 bits per heavy atom. The second kappa shape index (κ2) is 7.59. The lowest BCUT2D eigenvalue weighted by Gasteiger charge is -2.23. The third-order valence-electron chi connectivity index (χ3n) is 4.28. The minimum Gasteiger partial charge on any atom is -0.372 e. The average Bonchev–Trinajstić information content (AvgIpc) is 3.20. The van der Waals surface area contributed by atoms with Crippen molar-refractivity contribution in [2.75, 3.05) is 6.61 Å². The Kier molecular flexibility index (Phi) is 5.48.